The summed E-state index contributed by atoms with van der Waals surface area (Å²) in [5, 5.41) is 6.97. The van der Waals surface area contributed by atoms with Crippen LogP contribution in [-0.4, -0.2) is 60.2 Å². The number of fused-ring (bicyclic) bond motifs is 5. The van der Waals surface area contributed by atoms with E-state index in [0.717, 1.165) is 72.3 Å². The number of Topliss-reactive ketones (excluding diaryl/α,β-unsaturated/α-hetero) is 1. The summed E-state index contributed by atoms with van der Waals surface area (Å²) in [6, 6.07) is 14.1. The highest BCUT2D eigenvalue weighted by molar-refractivity contribution is 6.10. The molecule has 0 radical (unpaired) electrons. The van der Waals surface area contributed by atoms with Crippen molar-refractivity contribution in [3.8, 4) is 5.75 Å². The number of hydrogen-bond acceptors (Lipinski definition) is 6. The molecule has 0 saturated carbocycles. The molecule has 3 aromatic carbocycles. The molecule has 2 aliphatic heterocycles. The van der Waals surface area contributed by atoms with E-state index < -0.39 is 5.60 Å². The van der Waals surface area contributed by atoms with Crippen molar-refractivity contribution in [2.24, 2.45) is 7.05 Å². The maximum atomic E-state index is 14.3. The normalized spacial score (nSPS) is 17.1. The average Bonchev–Trinajstić information content (AvgIpc) is 2.94. The lowest BCUT2D eigenvalue weighted by Crippen LogP contribution is -2.39. The van der Waals surface area contributed by atoms with Crippen LogP contribution >= 0.6 is 0 Å². The number of hydrogen-bond donors (Lipinski definition) is 1. The Labute approximate surface area is 234 Å². The topological polar surface area (TPSA) is 72.8 Å². The van der Waals surface area contributed by atoms with Crippen molar-refractivity contribution in [2.45, 2.75) is 39.2 Å². The number of rotatable bonds is 7. The van der Waals surface area contributed by atoms with Crippen molar-refractivity contribution in [1.82, 2.24) is 9.47 Å². The van der Waals surface area contributed by atoms with Gasteiger partial charge in [-0.25, -0.2) is 0 Å². The second-order valence-corrected chi connectivity index (χ2v) is 11.4. The maximum absolute atomic E-state index is 14.3. The lowest BCUT2D eigenvalue weighted by atomic mass is 9.86. The molecule has 6 rings (SSSR count). The fourth-order valence-electron chi connectivity index (χ4n) is 6.14. The Hall–Kier alpha value is -3.68. The monoisotopic (exact) mass is 539 g/mol. The molecule has 1 saturated heterocycles. The molecular weight excluding hydrogens is 502 g/mol. The van der Waals surface area contributed by atoms with Gasteiger partial charge in [-0.05, 0) is 49.2 Å². The third-order valence-electron chi connectivity index (χ3n) is 8.26. The van der Waals surface area contributed by atoms with Gasteiger partial charge < -0.3 is 19.4 Å². The van der Waals surface area contributed by atoms with E-state index >= 15 is 0 Å². The first-order valence-corrected chi connectivity index (χ1v) is 14.3. The molecule has 0 unspecified atom stereocenters. The summed E-state index contributed by atoms with van der Waals surface area (Å²) in [7, 11) is 2.00. The van der Waals surface area contributed by atoms with E-state index in [1.54, 1.807) is 0 Å². The van der Waals surface area contributed by atoms with Crippen LogP contribution in [-0.2, 0) is 16.6 Å². The highest BCUT2D eigenvalue weighted by Crippen LogP contribution is 2.43. The van der Waals surface area contributed by atoms with Crippen LogP contribution < -0.4 is 15.5 Å². The molecule has 0 amide bonds. The highest BCUT2D eigenvalue weighted by atomic mass is 16.5. The molecule has 3 heterocycles. The largest absolute Gasteiger partial charge is 0.482 e. The molecule has 0 aliphatic carbocycles. The van der Waals surface area contributed by atoms with E-state index in [9.17, 15) is 9.59 Å². The molecule has 40 heavy (non-hydrogen) atoms. The third kappa shape index (κ3) is 4.57. The summed E-state index contributed by atoms with van der Waals surface area (Å²) < 4.78 is 14.1. The number of carbonyl (C=O) groups excluding carboxylic acids is 1. The van der Waals surface area contributed by atoms with E-state index in [2.05, 4.69) is 26.9 Å². The quantitative estimate of drug-likeness (QED) is 0.312. The zero-order valence-corrected chi connectivity index (χ0v) is 23.8. The number of aryl methyl sites for hydroxylation is 1. The zero-order valence-electron chi connectivity index (χ0n) is 23.8. The summed E-state index contributed by atoms with van der Waals surface area (Å²) in [5.41, 5.74) is 3.00. The summed E-state index contributed by atoms with van der Waals surface area (Å²) in [4.78, 5) is 29.8. The smallest absolute Gasteiger partial charge is 0.199 e. The van der Waals surface area contributed by atoms with Crippen molar-refractivity contribution < 1.29 is 14.3 Å². The summed E-state index contributed by atoms with van der Waals surface area (Å²) in [6.07, 6.45) is 3.19. The molecular formula is C33H37N3O4. The van der Waals surface area contributed by atoms with Crippen molar-refractivity contribution in [1.29, 1.82) is 0 Å². The van der Waals surface area contributed by atoms with Crippen molar-refractivity contribution in [2.75, 3.05) is 44.7 Å². The van der Waals surface area contributed by atoms with Crippen LogP contribution in [0.15, 0.2) is 52.8 Å². The Morgan fingerprint density at radius 1 is 1.07 bits per heavy atom. The minimum atomic E-state index is -0.774. The SMILES string of the molecule is CCCC(=O)C1=Cc2c(cc(NCCN3CCOCC3)c3c(=O)c4cc5ccccc5cc4n(C)c23)OC1(C)C. The fourth-order valence-corrected chi connectivity index (χ4v) is 6.14. The van der Waals surface area contributed by atoms with Gasteiger partial charge in [0.2, 0.25) is 0 Å². The molecule has 208 valence electrons. The van der Waals surface area contributed by atoms with E-state index in [4.69, 9.17) is 9.47 Å². The van der Waals surface area contributed by atoms with Gasteiger partial charge in [-0.15, -0.1) is 0 Å². The molecule has 7 heteroatoms. The molecule has 0 spiro atoms. The van der Waals surface area contributed by atoms with Crippen LogP contribution in [0.1, 0.15) is 39.2 Å². The standard InChI is InChI=1S/C33H37N3O4/c1-5-8-28(37)25-19-24-29(40-33(25,2)3)20-26(34-11-12-36-13-15-39-16-14-36)30-31(24)35(4)27-18-22-10-7-6-9-21(22)17-23(27)32(30)38/h6-7,9-10,17-20,34H,5,8,11-16H2,1-4H3. The van der Waals surface area contributed by atoms with Crippen LogP contribution in [0.25, 0.3) is 38.7 Å². The zero-order chi connectivity index (χ0) is 28.0. The number of nitrogens with one attached hydrogen (secondary N) is 1. The Bertz CT molecular complexity index is 1730. The summed E-state index contributed by atoms with van der Waals surface area (Å²) >= 11 is 0. The number of carbonyl (C=O) groups is 1. The Kier molecular flexibility index (Phi) is 6.88. The molecule has 4 aromatic rings. The summed E-state index contributed by atoms with van der Waals surface area (Å²) in [5.74, 6) is 0.755. The van der Waals surface area contributed by atoms with Crippen molar-refractivity contribution in [3.63, 3.8) is 0 Å². The van der Waals surface area contributed by atoms with Gasteiger partial charge in [0.1, 0.15) is 11.4 Å². The average molecular weight is 540 g/mol. The van der Waals surface area contributed by atoms with Gasteiger partial charge in [-0.2, -0.15) is 0 Å². The maximum Gasteiger partial charge on any atom is 0.199 e. The Morgan fingerprint density at radius 2 is 1.80 bits per heavy atom. The van der Waals surface area contributed by atoms with Crippen molar-refractivity contribution >= 4 is 50.1 Å². The molecule has 0 atom stereocenters. The number of ether oxygens (including phenoxy) is 2. The summed E-state index contributed by atoms with van der Waals surface area (Å²) in [6.45, 7) is 10.7. The van der Waals surface area contributed by atoms with Crippen LogP contribution in [0, 0.1) is 0 Å². The Balaban J connectivity index is 1.59. The lowest BCUT2D eigenvalue weighted by Gasteiger charge is -2.34. The van der Waals surface area contributed by atoms with E-state index in [1.165, 1.54) is 0 Å². The van der Waals surface area contributed by atoms with Gasteiger partial charge in [0, 0.05) is 62.2 Å². The lowest BCUT2D eigenvalue weighted by molar-refractivity contribution is -0.117. The second-order valence-electron chi connectivity index (χ2n) is 11.4. The molecule has 1 fully saturated rings. The van der Waals surface area contributed by atoms with Crippen LogP contribution in [0.5, 0.6) is 5.75 Å². The molecule has 0 bridgehead atoms. The number of ketones is 1. The van der Waals surface area contributed by atoms with Gasteiger partial charge in [0.05, 0.1) is 35.3 Å². The van der Waals surface area contributed by atoms with E-state index in [-0.39, 0.29) is 11.2 Å². The first kappa shape index (κ1) is 26.5. The number of anilines is 1. The Morgan fingerprint density at radius 3 is 2.52 bits per heavy atom. The minimum Gasteiger partial charge on any atom is -0.482 e. The number of aromatic nitrogens is 1. The third-order valence-corrected chi connectivity index (χ3v) is 8.26. The first-order valence-electron chi connectivity index (χ1n) is 14.3. The number of pyridine rings is 1. The van der Waals surface area contributed by atoms with Crippen LogP contribution in [0.4, 0.5) is 5.69 Å². The number of benzene rings is 3. The van der Waals surface area contributed by atoms with Gasteiger partial charge in [0.25, 0.3) is 0 Å². The van der Waals surface area contributed by atoms with Gasteiger partial charge in [-0.1, -0.05) is 31.2 Å². The molecule has 1 N–H and O–H groups in total. The number of morpholine rings is 1. The number of nitrogens with zero attached hydrogens (tertiary/aromatic N) is 2. The molecule has 2 aliphatic rings. The molecule has 7 nitrogen and oxygen atoms in total. The van der Waals surface area contributed by atoms with Crippen molar-refractivity contribution in [3.05, 3.63) is 63.8 Å². The van der Waals surface area contributed by atoms with Crippen LogP contribution in [0.2, 0.25) is 0 Å². The fraction of sp³-hybridized carbons (Fsp3) is 0.394. The van der Waals surface area contributed by atoms with Gasteiger partial charge in [0.15, 0.2) is 11.2 Å². The first-order chi connectivity index (χ1) is 19.3. The van der Waals surface area contributed by atoms with E-state index in [0.29, 0.717) is 35.1 Å². The molecule has 1 aromatic heterocycles. The minimum absolute atomic E-state index is 0.0230. The van der Waals surface area contributed by atoms with E-state index in [1.807, 2.05) is 64.2 Å². The second kappa shape index (κ2) is 10.4. The predicted octanol–water partition coefficient (Wildman–Crippen LogP) is 5.51. The van der Waals surface area contributed by atoms with Gasteiger partial charge >= 0.3 is 0 Å². The van der Waals surface area contributed by atoms with Gasteiger partial charge in [-0.3, -0.25) is 14.5 Å². The van der Waals surface area contributed by atoms with Crippen LogP contribution in [0.3, 0.4) is 0 Å². The predicted molar refractivity (Wildman–Crippen MR) is 163 cm³/mol. The highest BCUT2D eigenvalue weighted by Gasteiger charge is 2.36.